The molecule has 0 unspecified atom stereocenters. The van der Waals surface area contributed by atoms with Crippen molar-refractivity contribution in [3.05, 3.63) is 51.4 Å². The molecule has 1 atom stereocenters. The van der Waals surface area contributed by atoms with Gasteiger partial charge in [-0.15, -0.1) is 11.3 Å². The normalized spacial score (nSPS) is 11.9. The zero-order valence-electron chi connectivity index (χ0n) is 16.5. The summed E-state index contributed by atoms with van der Waals surface area (Å²) in [5.74, 6) is -0.362. The van der Waals surface area contributed by atoms with E-state index >= 15 is 0 Å². The number of anilines is 1. The fourth-order valence-electron chi connectivity index (χ4n) is 2.92. The Morgan fingerprint density at radius 2 is 2.03 bits per heavy atom. The predicted octanol–water partition coefficient (Wildman–Crippen LogP) is 3.15. The molecule has 2 aromatic heterocycles. The van der Waals surface area contributed by atoms with Gasteiger partial charge in [0.25, 0.3) is 5.56 Å². The summed E-state index contributed by atoms with van der Waals surface area (Å²) < 4.78 is 11.5. The van der Waals surface area contributed by atoms with Crippen molar-refractivity contribution in [1.29, 1.82) is 0 Å². The number of para-hydroxylation sites is 2. The van der Waals surface area contributed by atoms with Gasteiger partial charge < -0.3 is 14.8 Å². The molecule has 1 aromatic carbocycles. The average molecular weight is 415 g/mol. The number of aromatic nitrogens is 2. The van der Waals surface area contributed by atoms with Crippen molar-refractivity contribution in [1.82, 2.24) is 9.55 Å². The first-order valence-corrected chi connectivity index (χ1v) is 9.81. The van der Waals surface area contributed by atoms with Crippen LogP contribution in [0.25, 0.3) is 10.2 Å². The van der Waals surface area contributed by atoms with E-state index in [-0.39, 0.29) is 12.2 Å². The van der Waals surface area contributed by atoms with Crippen molar-refractivity contribution in [3.63, 3.8) is 0 Å². The number of benzene rings is 1. The lowest BCUT2D eigenvalue weighted by Crippen LogP contribution is -2.31. The Kier molecular flexibility index (Phi) is 5.97. The van der Waals surface area contributed by atoms with E-state index in [9.17, 15) is 14.4 Å². The lowest BCUT2D eigenvalue weighted by Gasteiger charge is -2.16. The largest absolute Gasteiger partial charge is 0.495 e. The third kappa shape index (κ3) is 3.86. The molecule has 0 radical (unpaired) electrons. The number of hydrogen-bond donors (Lipinski definition) is 1. The number of hydrogen-bond acceptors (Lipinski definition) is 7. The first-order chi connectivity index (χ1) is 13.9. The molecular formula is C20H21N3O5S. The van der Waals surface area contributed by atoms with Gasteiger partial charge in [-0.25, -0.2) is 9.78 Å². The van der Waals surface area contributed by atoms with Crippen LogP contribution in [0, 0.1) is 6.92 Å². The summed E-state index contributed by atoms with van der Waals surface area (Å²) in [6, 6.07) is 6.18. The van der Waals surface area contributed by atoms with Crippen molar-refractivity contribution in [2.24, 2.45) is 0 Å². The molecule has 0 bridgehead atoms. The van der Waals surface area contributed by atoms with Crippen molar-refractivity contribution >= 4 is 39.1 Å². The molecule has 0 aliphatic carbocycles. The van der Waals surface area contributed by atoms with Crippen LogP contribution in [0.5, 0.6) is 5.75 Å². The van der Waals surface area contributed by atoms with Gasteiger partial charge in [-0.05, 0) is 38.5 Å². The van der Waals surface area contributed by atoms with Gasteiger partial charge in [0.1, 0.15) is 21.5 Å². The van der Waals surface area contributed by atoms with E-state index in [0.717, 1.165) is 11.3 Å². The maximum atomic E-state index is 13.0. The van der Waals surface area contributed by atoms with E-state index in [0.29, 0.717) is 32.1 Å². The molecule has 2 heterocycles. The minimum atomic E-state index is -0.824. The van der Waals surface area contributed by atoms with E-state index in [4.69, 9.17) is 9.47 Å². The highest BCUT2D eigenvalue weighted by Gasteiger charge is 2.23. The van der Waals surface area contributed by atoms with Crippen LogP contribution in [-0.2, 0) is 9.53 Å². The number of esters is 1. The maximum absolute atomic E-state index is 13.0. The second kappa shape index (κ2) is 8.44. The van der Waals surface area contributed by atoms with Gasteiger partial charge in [0.2, 0.25) is 5.91 Å². The molecule has 0 aliphatic heterocycles. The minimum absolute atomic E-state index is 0.240. The number of nitrogens with one attached hydrogen (secondary N) is 1. The Morgan fingerprint density at radius 3 is 2.72 bits per heavy atom. The van der Waals surface area contributed by atoms with Gasteiger partial charge in [-0.3, -0.25) is 14.2 Å². The molecule has 1 N–H and O–H groups in total. The molecule has 29 heavy (non-hydrogen) atoms. The van der Waals surface area contributed by atoms with Crippen molar-refractivity contribution in [3.8, 4) is 5.75 Å². The number of rotatable bonds is 6. The predicted molar refractivity (Wildman–Crippen MR) is 111 cm³/mol. The third-order valence-electron chi connectivity index (χ3n) is 4.50. The van der Waals surface area contributed by atoms with Crippen LogP contribution in [-0.4, -0.2) is 35.1 Å². The number of nitrogens with zero attached hydrogens (tertiary/aromatic N) is 2. The van der Waals surface area contributed by atoms with Crippen LogP contribution < -0.4 is 15.6 Å². The number of thiophene rings is 1. The monoisotopic (exact) mass is 415 g/mol. The molecule has 9 heteroatoms. The highest BCUT2D eigenvalue weighted by molar-refractivity contribution is 7.20. The smallest absolute Gasteiger partial charge is 0.348 e. The summed E-state index contributed by atoms with van der Waals surface area (Å²) in [6.07, 6.45) is 1.32. The minimum Gasteiger partial charge on any atom is -0.495 e. The Morgan fingerprint density at radius 1 is 1.31 bits per heavy atom. The van der Waals surface area contributed by atoms with Gasteiger partial charge in [0, 0.05) is 0 Å². The molecular weight excluding hydrogens is 394 g/mol. The summed E-state index contributed by atoms with van der Waals surface area (Å²) in [5.41, 5.74) is 0.625. The lowest BCUT2D eigenvalue weighted by atomic mass is 10.2. The highest BCUT2D eigenvalue weighted by Crippen LogP contribution is 2.28. The zero-order chi connectivity index (χ0) is 21.1. The zero-order valence-corrected chi connectivity index (χ0v) is 17.3. The number of ether oxygens (including phenoxy) is 2. The van der Waals surface area contributed by atoms with Gasteiger partial charge in [0.05, 0.1) is 31.1 Å². The summed E-state index contributed by atoms with van der Waals surface area (Å²) in [4.78, 5) is 42.9. The molecule has 3 aromatic rings. The molecule has 0 aliphatic rings. The standard InChI is InChI=1S/C20H21N3O5S/c1-5-28-20(26)16-11(2)15-18(29-16)21-10-23(19(15)25)12(3)17(24)22-13-8-6-7-9-14(13)27-4/h6-10,12H,5H2,1-4H3,(H,22,24)/t12-/m1/s1. The first-order valence-electron chi connectivity index (χ1n) is 9.00. The van der Waals surface area contributed by atoms with Crippen molar-refractivity contribution in [2.75, 3.05) is 19.0 Å². The topological polar surface area (TPSA) is 99.5 Å². The Bertz CT molecular complexity index is 1130. The third-order valence-corrected chi connectivity index (χ3v) is 5.68. The second-order valence-electron chi connectivity index (χ2n) is 6.28. The Labute approximate surface area is 171 Å². The molecule has 1 amide bonds. The fourth-order valence-corrected chi connectivity index (χ4v) is 3.95. The highest BCUT2D eigenvalue weighted by atomic mass is 32.1. The van der Waals surface area contributed by atoms with E-state index in [1.165, 1.54) is 18.0 Å². The Balaban J connectivity index is 1.96. The van der Waals surface area contributed by atoms with Gasteiger partial charge >= 0.3 is 5.97 Å². The second-order valence-corrected chi connectivity index (χ2v) is 7.28. The molecule has 0 saturated carbocycles. The summed E-state index contributed by atoms with van der Waals surface area (Å²) in [6.45, 7) is 5.24. The number of methoxy groups -OCH3 is 1. The van der Waals surface area contributed by atoms with Crippen molar-refractivity contribution in [2.45, 2.75) is 26.8 Å². The van der Waals surface area contributed by atoms with Crippen LogP contribution in [0.2, 0.25) is 0 Å². The first kappa shape index (κ1) is 20.5. The number of carbonyl (C=O) groups excluding carboxylic acids is 2. The van der Waals surface area contributed by atoms with E-state index < -0.39 is 17.9 Å². The summed E-state index contributed by atoms with van der Waals surface area (Å²) in [7, 11) is 1.51. The van der Waals surface area contributed by atoms with E-state index in [1.807, 2.05) is 0 Å². The number of fused-ring (bicyclic) bond motifs is 1. The average Bonchev–Trinajstić information content (AvgIpc) is 3.05. The quantitative estimate of drug-likeness (QED) is 0.621. The van der Waals surface area contributed by atoms with E-state index in [2.05, 4.69) is 10.3 Å². The number of aryl methyl sites for hydroxylation is 1. The van der Waals surface area contributed by atoms with Crippen LogP contribution in [0.3, 0.4) is 0 Å². The van der Waals surface area contributed by atoms with Gasteiger partial charge in [0.15, 0.2) is 0 Å². The molecule has 3 rings (SSSR count). The molecule has 0 fully saturated rings. The SMILES string of the molecule is CCOC(=O)c1sc2ncn([C@H](C)C(=O)Nc3ccccc3OC)c(=O)c2c1C. The van der Waals surface area contributed by atoms with Crippen LogP contribution in [0.1, 0.15) is 35.1 Å². The maximum Gasteiger partial charge on any atom is 0.348 e. The van der Waals surface area contributed by atoms with Gasteiger partial charge in [-0.1, -0.05) is 12.1 Å². The van der Waals surface area contributed by atoms with E-state index in [1.54, 1.807) is 45.0 Å². The number of carbonyl (C=O) groups is 2. The van der Waals surface area contributed by atoms with Gasteiger partial charge in [-0.2, -0.15) is 0 Å². The molecule has 0 spiro atoms. The van der Waals surface area contributed by atoms with Crippen LogP contribution >= 0.6 is 11.3 Å². The van der Waals surface area contributed by atoms with Crippen LogP contribution in [0.4, 0.5) is 5.69 Å². The number of amides is 1. The molecule has 8 nitrogen and oxygen atoms in total. The summed E-state index contributed by atoms with van der Waals surface area (Å²) in [5, 5.41) is 3.08. The van der Waals surface area contributed by atoms with Crippen molar-refractivity contribution < 1.29 is 19.1 Å². The molecule has 152 valence electrons. The lowest BCUT2D eigenvalue weighted by molar-refractivity contribution is -0.118. The summed E-state index contributed by atoms with van der Waals surface area (Å²) >= 11 is 1.11. The fraction of sp³-hybridized carbons (Fsp3) is 0.300. The Hall–Kier alpha value is -3.20. The molecule has 0 saturated heterocycles. The van der Waals surface area contributed by atoms with Crippen LogP contribution in [0.15, 0.2) is 35.4 Å².